The van der Waals surface area contributed by atoms with Gasteiger partial charge in [0.1, 0.15) is 17.2 Å². The molecule has 1 aliphatic carbocycles. The Labute approximate surface area is 188 Å². The summed E-state index contributed by atoms with van der Waals surface area (Å²) in [7, 11) is 1.61. The molecule has 7 nitrogen and oxygen atoms in total. The Balaban J connectivity index is 0.00000289. The Morgan fingerprint density at radius 1 is 1.34 bits per heavy atom. The van der Waals surface area contributed by atoms with Crippen molar-refractivity contribution in [3.8, 4) is 0 Å². The molecule has 11 heteroatoms. The molecule has 1 amide bonds. The highest BCUT2D eigenvalue weighted by atomic mass is 32.2. The third-order valence-corrected chi connectivity index (χ3v) is 6.61. The predicted molar refractivity (Wildman–Crippen MR) is 117 cm³/mol. The first-order valence-corrected chi connectivity index (χ1v) is 10.5. The van der Waals surface area contributed by atoms with Gasteiger partial charge in [-0.1, -0.05) is 19.2 Å². The van der Waals surface area contributed by atoms with Gasteiger partial charge in [-0.2, -0.15) is 0 Å². The van der Waals surface area contributed by atoms with Gasteiger partial charge in [-0.15, -0.1) is 0 Å². The lowest BCUT2D eigenvalue weighted by Crippen LogP contribution is -2.37. The number of thioether (sulfide) groups is 1. The van der Waals surface area contributed by atoms with Crippen molar-refractivity contribution in [3.05, 3.63) is 53.4 Å². The van der Waals surface area contributed by atoms with Crippen molar-refractivity contribution in [3.63, 3.8) is 0 Å². The number of aliphatic imine (C=N–C) groups is 1. The molecule has 4 rings (SSSR count). The molecule has 2 heterocycles. The summed E-state index contributed by atoms with van der Waals surface area (Å²) < 4.78 is 45.7. The number of rotatable bonds is 5. The number of anilines is 1. The summed E-state index contributed by atoms with van der Waals surface area (Å²) in [5.41, 5.74) is 5.11. The first kappa shape index (κ1) is 24.0. The van der Waals surface area contributed by atoms with E-state index in [0.29, 0.717) is 28.6 Å². The van der Waals surface area contributed by atoms with Crippen molar-refractivity contribution in [2.24, 2.45) is 16.6 Å². The average Bonchev–Trinajstić information content (AvgIpc) is 3.14. The molecule has 0 spiro atoms. The van der Waals surface area contributed by atoms with Crippen molar-refractivity contribution in [2.75, 3.05) is 18.2 Å². The minimum absolute atomic E-state index is 0. The highest BCUT2D eigenvalue weighted by Crippen LogP contribution is 2.52. The number of amides is 1. The summed E-state index contributed by atoms with van der Waals surface area (Å²) in [4.78, 5) is 24.4. The maximum absolute atomic E-state index is 15.0. The number of fused-ring (bicyclic) bond motifs is 1. The van der Waals surface area contributed by atoms with Crippen LogP contribution in [0.5, 0.6) is 0 Å². The van der Waals surface area contributed by atoms with Crippen LogP contribution in [0.25, 0.3) is 0 Å². The zero-order valence-electron chi connectivity index (χ0n) is 16.5. The Kier molecular flexibility index (Phi) is 7.09. The fourth-order valence-electron chi connectivity index (χ4n) is 4.13. The number of nitrogens with zero attached hydrogens (tertiary/aromatic N) is 3. The van der Waals surface area contributed by atoms with E-state index >= 15 is 0 Å². The summed E-state index contributed by atoms with van der Waals surface area (Å²) in [6, 6.07) is 4.21. The van der Waals surface area contributed by atoms with Crippen LogP contribution in [-0.4, -0.2) is 40.0 Å². The molecule has 1 saturated carbocycles. The number of ether oxygens (including phenoxy) is 1. The topological polar surface area (TPSA) is 102 Å². The van der Waals surface area contributed by atoms with Crippen LogP contribution in [0.1, 0.15) is 48.4 Å². The number of alkyl halides is 2. The summed E-state index contributed by atoms with van der Waals surface area (Å²) in [6.07, 6.45) is 0.161. The van der Waals surface area contributed by atoms with E-state index in [0.717, 1.165) is 18.8 Å². The van der Waals surface area contributed by atoms with Crippen LogP contribution in [0.2, 0.25) is 0 Å². The Hall–Kier alpha value is -2.66. The lowest BCUT2D eigenvalue weighted by molar-refractivity contribution is 0.101. The number of aromatic nitrogens is 2. The van der Waals surface area contributed by atoms with Gasteiger partial charge < -0.3 is 15.8 Å². The molecule has 32 heavy (non-hydrogen) atoms. The lowest BCUT2D eigenvalue weighted by atomic mass is 9.81. The second-order valence-corrected chi connectivity index (χ2v) is 8.50. The molecular weight excluding hydrogens is 443 g/mol. The van der Waals surface area contributed by atoms with Crippen LogP contribution in [0.3, 0.4) is 0 Å². The van der Waals surface area contributed by atoms with E-state index in [9.17, 15) is 18.0 Å². The fourth-order valence-corrected chi connectivity index (χ4v) is 5.15. The van der Waals surface area contributed by atoms with E-state index in [4.69, 9.17) is 10.5 Å². The number of carbonyl (C=O) groups is 1. The van der Waals surface area contributed by atoms with Crippen LogP contribution in [0.15, 0.2) is 35.6 Å². The van der Waals surface area contributed by atoms with Crippen molar-refractivity contribution >= 4 is 28.5 Å². The highest BCUT2D eigenvalue weighted by Gasteiger charge is 2.52. The van der Waals surface area contributed by atoms with E-state index in [1.807, 2.05) is 0 Å². The molecule has 1 aliphatic heterocycles. The summed E-state index contributed by atoms with van der Waals surface area (Å²) >= 11 is 1.43. The van der Waals surface area contributed by atoms with E-state index in [-0.39, 0.29) is 25.1 Å². The van der Waals surface area contributed by atoms with Crippen LogP contribution < -0.4 is 11.1 Å². The van der Waals surface area contributed by atoms with E-state index in [2.05, 4.69) is 20.3 Å². The molecule has 0 unspecified atom stereocenters. The van der Waals surface area contributed by atoms with Gasteiger partial charge in [-0.3, -0.25) is 14.8 Å². The Morgan fingerprint density at radius 3 is 2.78 bits per heavy atom. The van der Waals surface area contributed by atoms with Crippen LogP contribution in [0.4, 0.5) is 18.9 Å². The number of halogens is 3. The largest absolute Gasteiger partial charge is 0.381 e. The van der Waals surface area contributed by atoms with Crippen molar-refractivity contribution in [1.82, 2.24) is 9.97 Å². The van der Waals surface area contributed by atoms with E-state index < -0.39 is 29.4 Å². The number of benzene rings is 1. The zero-order chi connectivity index (χ0) is 22.2. The minimum Gasteiger partial charge on any atom is -0.381 e. The first-order chi connectivity index (χ1) is 14.8. The molecule has 0 bridgehead atoms. The molecule has 0 radical (unpaired) electrons. The average molecular weight is 468 g/mol. The van der Waals surface area contributed by atoms with Crippen molar-refractivity contribution in [1.29, 1.82) is 0 Å². The molecule has 2 aliphatic rings. The molecule has 172 valence electrons. The zero-order valence-corrected chi connectivity index (χ0v) is 17.3. The second-order valence-electron chi connectivity index (χ2n) is 7.46. The maximum atomic E-state index is 15.0. The number of hydrogen-bond donors (Lipinski definition) is 2. The molecule has 2 aromatic rings. The third kappa shape index (κ3) is 4.44. The van der Waals surface area contributed by atoms with Gasteiger partial charge in [0, 0.05) is 36.5 Å². The summed E-state index contributed by atoms with van der Waals surface area (Å²) in [5.74, 6) is -0.382. The number of hydrogen-bond acceptors (Lipinski definition) is 7. The summed E-state index contributed by atoms with van der Waals surface area (Å²) in [5, 5.41) is 3.00. The fraction of sp³-hybridized carbons (Fsp3) is 0.429. The molecule has 0 saturated heterocycles. The van der Waals surface area contributed by atoms with Gasteiger partial charge in [0.15, 0.2) is 5.17 Å². The lowest BCUT2D eigenvalue weighted by Gasteiger charge is -2.36. The molecule has 1 fully saturated rings. The monoisotopic (exact) mass is 467 g/mol. The summed E-state index contributed by atoms with van der Waals surface area (Å²) in [6.45, 7) is 0. The minimum atomic E-state index is -2.78. The molecule has 1 aromatic carbocycles. The Morgan fingerprint density at radius 2 is 2.12 bits per heavy atom. The smallest absolute Gasteiger partial charge is 0.281 e. The first-order valence-electron chi connectivity index (χ1n) is 9.55. The van der Waals surface area contributed by atoms with Crippen LogP contribution >= 0.6 is 11.8 Å². The maximum Gasteiger partial charge on any atom is 0.281 e. The molecular formula is C21H24F3N5O2S. The SMILES string of the molecule is C.CO[C@@H]1C[C@H]2CSC(N)=N[C@@]2(c2cc(NC(=O)c3cnc(C(F)F)cn3)ccc2F)C1. The third-order valence-electron chi connectivity index (χ3n) is 5.66. The quantitative estimate of drug-likeness (QED) is 0.686. The highest BCUT2D eigenvalue weighted by molar-refractivity contribution is 8.13. The second kappa shape index (κ2) is 9.45. The van der Waals surface area contributed by atoms with E-state index in [1.54, 1.807) is 7.11 Å². The number of nitrogens with one attached hydrogen (secondary N) is 1. The van der Waals surface area contributed by atoms with Gasteiger partial charge in [0.2, 0.25) is 0 Å². The van der Waals surface area contributed by atoms with Gasteiger partial charge in [-0.05, 0) is 24.6 Å². The van der Waals surface area contributed by atoms with Crippen molar-refractivity contribution < 1.29 is 22.7 Å². The molecule has 3 atom stereocenters. The molecule has 1 aromatic heterocycles. The van der Waals surface area contributed by atoms with Gasteiger partial charge >= 0.3 is 0 Å². The standard InChI is InChI=1S/C20H20F3N5O2S.CH4/c1-30-12-4-10-9-31-19(24)28-20(10,6-12)13-5-11(2-3-14(13)21)27-18(29)16-8-25-15(7-26-16)17(22)23;/h2-3,5,7-8,10,12,17H,4,6,9H2,1H3,(H2,24,28)(H,27,29);1H4/t10-,12+,20-;/m0./s1. The molecule has 3 N–H and O–H groups in total. The predicted octanol–water partition coefficient (Wildman–Crippen LogP) is 4.12. The van der Waals surface area contributed by atoms with Crippen LogP contribution in [0, 0.1) is 11.7 Å². The number of methoxy groups -OCH3 is 1. The normalized spacial score (nSPS) is 24.5. The van der Waals surface area contributed by atoms with Gasteiger partial charge in [0.25, 0.3) is 12.3 Å². The van der Waals surface area contributed by atoms with Gasteiger partial charge in [0.05, 0.1) is 24.0 Å². The Bertz CT molecular complexity index is 1020. The van der Waals surface area contributed by atoms with Gasteiger partial charge in [-0.25, -0.2) is 18.2 Å². The van der Waals surface area contributed by atoms with Crippen molar-refractivity contribution in [2.45, 2.75) is 38.3 Å². The number of carbonyl (C=O) groups excluding carboxylic acids is 1. The number of nitrogens with two attached hydrogens (primary N) is 1. The number of amidine groups is 1. The van der Waals surface area contributed by atoms with Crippen LogP contribution in [-0.2, 0) is 10.3 Å². The van der Waals surface area contributed by atoms with E-state index in [1.165, 1.54) is 30.0 Å².